The molecule has 0 bridgehead atoms. The maximum atomic E-state index is 11.7. The second-order valence-corrected chi connectivity index (χ2v) is 6.57. The lowest BCUT2D eigenvalue weighted by molar-refractivity contribution is -0.122. The van der Waals surface area contributed by atoms with Gasteiger partial charge in [-0.25, -0.2) is 4.98 Å². The van der Waals surface area contributed by atoms with E-state index in [4.69, 9.17) is 9.47 Å². The molecule has 2 amide bonds. The van der Waals surface area contributed by atoms with E-state index in [1.807, 2.05) is 25.1 Å². The van der Waals surface area contributed by atoms with Crippen LogP contribution in [0.2, 0.25) is 0 Å². The zero-order valence-electron chi connectivity index (χ0n) is 13.5. The first-order valence-electron chi connectivity index (χ1n) is 7.36. The normalized spacial score (nSPS) is 16.1. The number of rotatable bonds is 4. The minimum atomic E-state index is -0.507. The van der Waals surface area contributed by atoms with Crippen LogP contribution in [0.15, 0.2) is 18.2 Å². The Balaban J connectivity index is 1.87. The summed E-state index contributed by atoms with van der Waals surface area (Å²) in [7, 11) is 1.46. The number of aromatic nitrogens is 1. The number of nitrogens with one attached hydrogen (secondary N) is 2. The van der Waals surface area contributed by atoms with E-state index in [1.54, 1.807) is 6.92 Å². The highest BCUT2D eigenvalue weighted by molar-refractivity contribution is 7.16. The van der Waals surface area contributed by atoms with E-state index < -0.39 is 6.10 Å². The predicted octanol–water partition coefficient (Wildman–Crippen LogP) is 2.42. The monoisotopic (exact) mass is 347 g/mol. The third kappa shape index (κ3) is 3.24. The summed E-state index contributed by atoms with van der Waals surface area (Å²) in [6.45, 7) is 3.61. The van der Waals surface area contributed by atoms with Crippen molar-refractivity contribution in [1.82, 2.24) is 4.98 Å². The van der Waals surface area contributed by atoms with Gasteiger partial charge in [-0.3, -0.25) is 14.9 Å². The molecule has 24 heavy (non-hydrogen) atoms. The highest BCUT2D eigenvalue weighted by Gasteiger charge is 2.24. The summed E-state index contributed by atoms with van der Waals surface area (Å²) in [5.74, 6) is 0.201. The first kappa shape index (κ1) is 16.4. The Bertz CT molecular complexity index is 803. The topological polar surface area (TPSA) is 89.5 Å². The zero-order chi connectivity index (χ0) is 17.3. The fraction of sp³-hybridized carbons (Fsp3) is 0.312. The number of anilines is 2. The Morgan fingerprint density at radius 2 is 2.29 bits per heavy atom. The van der Waals surface area contributed by atoms with Crippen molar-refractivity contribution in [1.29, 1.82) is 0 Å². The van der Waals surface area contributed by atoms with E-state index in [2.05, 4.69) is 15.6 Å². The molecule has 2 aromatic rings. The maximum Gasteiger partial charge on any atom is 0.265 e. The molecule has 1 aliphatic heterocycles. The highest BCUT2D eigenvalue weighted by atomic mass is 32.1. The molecule has 1 aliphatic rings. The van der Waals surface area contributed by atoms with E-state index in [9.17, 15) is 9.59 Å². The smallest absolute Gasteiger partial charge is 0.265 e. The fourth-order valence-electron chi connectivity index (χ4n) is 2.36. The molecule has 0 aliphatic carbocycles. The van der Waals surface area contributed by atoms with E-state index in [1.165, 1.54) is 18.4 Å². The van der Waals surface area contributed by atoms with Gasteiger partial charge in [0.1, 0.15) is 12.4 Å². The molecule has 126 valence electrons. The molecule has 8 heteroatoms. The van der Waals surface area contributed by atoms with E-state index in [-0.39, 0.29) is 18.4 Å². The number of aryl methyl sites for hydroxylation is 1. The number of amides is 2. The first-order valence-corrected chi connectivity index (χ1v) is 8.17. The van der Waals surface area contributed by atoms with Crippen molar-refractivity contribution in [3.05, 3.63) is 23.1 Å². The number of carbonyl (C=O) groups is 2. The summed E-state index contributed by atoms with van der Waals surface area (Å²) >= 11 is 1.38. The van der Waals surface area contributed by atoms with Crippen molar-refractivity contribution >= 4 is 34.0 Å². The van der Waals surface area contributed by atoms with Gasteiger partial charge in [-0.1, -0.05) is 0 Å². The fourth-order valence-corrected chi connectivity index (χ4v) is 3.21. The number of benzene rings is 1. The minimum absolute atomic E-state index is 0.0195. The number of fused-ring (bicyclic) bond motifs is 1. The Hall–Kier alpha value is -2.45. The lowest BCUT2D eigenvalue weighted by Gasteiger charge is -2.23. The average molecular weight is 347 g/mol. The van der Waals surface area contributed by atoms with Crippen LogP contribution in [-0.4, -0.2) is 36.6 Å². The van der Waals surface area contributed by atoms with Crippen molar-refractivity contribution in [2.24, 2.45) is 0 Å². The number of carbonyl (C=O) groups excluding carboxylic acids is 2. The molecule has 0 spiro atoms. The van der Waals surface area contributed by atoms with Gasteiger partial charge >= 0.3 is 0 Å². The number of nitrogens with zero attached hydrogens (tertiary/aromatic N) is 1. The van der Waals surface area contributed by atoms with Crippen molar-refractivity contribution in [2.75, 3.05) is 24.4 Å². The van der Waals surface area contributed by atoms with Gasteiger partial charge in [-0.05, 0) is 32.0 Å². The SMILES string of the molecule is COCC(=O)Nc1nc(-c2ccc3c(c2)NC(=O)[C@H](C)O3)c(C)s1. The molecular weight excluding hydrogens is 330 g/mol. The van der Waals surface area contributed by atoms with Crippen LogP contribution in [0.4, 0.5) is 10.8 Å². The van der Waals surface area contributed by atoms with Gasteiger partial charge in [0.2, 0.25) is 0 Å². The number of thiazole rings is 1. The average Bonchev–Trinajstić information content (AvgIpc) is 2.88. The summed E-state index contributed by atoms with van der Waals surface area (Å²) in [5.41, 5.74) is 2.21. The third-order valence-corrected chi connectivity index (χ3v) is 4.39. The molecule has 1 aromatic carbocycles. The van der Waals surface area contributed by atoms with Gasteiger partial charge in [0.25, 0.3) is 11.8 Å². The van der Waals surface area contributed by atoms with E-state index in [0.29, 0.717) is 16.6 Å². The van der Waals surface area contributed by atoms with Gasteiger partial charge in [-0.15, -0.1) is 11.3 Å². The standard InChI is InChI=1S/C16H17N3O4S/c1-8-15(21)17-11-6-10(4-5-12(11)23-8)14-9(2)24-16(19-14)18-13(20)7-22-3/h4-6,8H,7H2,1-3H3,(H,17,21)(H,18,19,20)/t8-/m0/s1. The van der Waals surface area contributed by atoms with Gasteiger partial charge in [0.05, 0.1) is 11.4 Å². The molecule has 0 saturated carbocycles. The quantitative estimate of drug-likeness (QED) is 0.886. The van der Waals surface area contributed by atoms with E-state index >= 15 is 0 Å². The van der Waals surface area contributed by atoms with Crippen LogP contribution in [-0.2, 0) is 14.3 Å². The number of hydrogen-bond donors (Lipinski definition) is 2. The molecule has 0 unspecified atom stereocenters. The largest absolute Gasteiger partial charge is 0.479 e. The summed E-state index contributed by atoms with van der Waals surface area (Å²) in [6.07, 6.45) is -0.507. The van der Waals surface area contributed by atoms with Crippen LogP contribution in [0.1, 0.15) is 11.8 Å². The molecule has 0 fully saturated rings. The van der Waals surface area contributed by atoms with Crippen LogP contribution < -0.4 is 15.4 Å². The molecule has 1 aromatic heterocycles. The molecule has 1 atom stereocenters. The summed E-state index contributed by atoms with van der Waals surface area (Å²) in [4.78, 5) is 28.8. The Labute approximate surface area is 143 Å². The Morgan fingerprint density at radius 1 is 1.50 bits per heavy atom. The Morgan fingerprint density at radius 3 is 3.04 bits per heavy atom. The number of methoxy groups -OCH3 is 1. The molecule has 3 rings (SSSR count). The highest BCUT2D eigenvalue weighted by Crippen LogP contribution is 2.36. The summed E-state index contributed by atoms with van der Waals surface area (Å²) < 4.78 is 10.3. The van der Waals surface area contributed by atoms with Gasteiger partial charge in [0, 0.05) is 17.6 Å². The van der Waals surface area contributed by atoms with Crippen molar-refractivity contribution in [3.63, 3.8) is 0 Å². The maximum absolute atomic E-state index is 11.7. The number of hydrogen-bond acceptors (Lipinski definition) is 6. The van der Waals surface area contributed by atoms with Crippen molar-refractivity contribution in [2.45, 2.75) is 20.0 Å². The zero-order valence-corrected chi connectivity index (χ0v) is 14.3. The third-order valence-electron chi connectivity index (χ3n) is 3.50. The summed E-state index contributed by atoms with van der Waals surface area (Å²) in [5, 5.41) is 6.03. The van der Waals surface area contributed by atoms with Crippen LogP contribution in [0, 0.1) is 6.92 Å². The lowest BCUT2D eigenvalue weighted by atomic mass is 10.1. The minimum Gasteiger partial charge on any atom is -0.479 e. The lowest BCUT2D eigenvalue weighted by Crippen LogP contribution is -2.34. The molecular formula is C16H17N3O4S. The molecule has 2 heterocycles. The first-order chi connectivity index (χ1) is 11.5. The van der Waals surface area contributed by atoms with Crippen LogP contribution in [0.3, 0.4) is 0 Å². The van der Waals surface area contributed by atoms with Gasteiger partial charge in [-0.2, -0.15) is 0 Å². The van der Waals surface area contributed by atoms with Crippen molar-refractivity contribution in [3.8, 4) is 17.0 Å². The van der Waals surface area contributed by atoms with E-state index in [0.717, 1.165) is 16.1 Å². The number of ether oxygens (including phenoxy) is 2. The molecule has 0 saturated heterocycles. The summed E-state index contributed by atoms with van der Waals surface area (Å²) in [6, 6.07) is 5.51. The van der Waals surface area contributed by atoms with Crippen LogP contribution >= 0.6 is 11.3 Å². The molecule has 2 N–H and O–H groups in total. The van der Waals surface area contributed by atoms with Crippen molar-refractivity contribution < 1.29 is 19.1 Å². The second-order valence-electron chi connectivity index (χ2n) is 5.37. The van der Waals surface area contributed by atoms with Crippen LogP contribution in [0.25, 0.3) is 11.3 Å². The second kappa shape index (κ2) is 6.58. The molecule has 7 nitrogen and oxygen atoms in total. The van der Waals surface area contributed by atoms with Crippen LogP contribution in [0.5, 0.6) is 5.75 Å². The van der Waals surface area contributed by atoms with Gasteiger partial charge in [0.15, 0.2) is 11.2 Å². The molecule has 0 radical (unpaired) electrons. The van der Waals surface area contributed by atoms with Gasteiger partial charge < -0.3 is 14.8 Å². The Kier molecular flexibility index (Phi) is 4.50. The predicted molar refractivity (Wildman–Crippen MR) is 91.5 cm³/mol.